The number of carbonyl (C=O) groups is 1. The first-order valence-corrected chi connectivity index (χ1v) is 5.67. The quantitative estimate of drug-likeness (QED) is 0.794. The third-order valence-electron chi connectivity index (χ3n) is 2.74. The first-order chi connectivity index (χ1) is 8.58. The predicted octanol–water partition coefficient (Wildman–Crippen LogP) is 2.53. The lowest BCUT2D eigenvalue weighted by Crippen LogP contribution is -2.14. The lowest BCUT2D eigenvalue weighted by atomic mass is 10.1. The van der Waals surface area contributed by atoms with E-state index in [9.17, 15) is 4.79 Å². The van der Waals surface area contributed by atoms with Gasteiger partial charge in [-0.2, -0.15) is 0 Å². The summed E-state index contributed by atoms with van der Waals surface area (Å²) in [5.74, 6) is -0.221. The maximum Gasteiger partial charge on any atom is 0.257 e. The second-order valence-corrected chi connectivity index (χ2v) is 4.18. The molecule has 0 aliphatic heterocycles. The van der Waals surface area contributed by atoms with Gasteiger partial charge >= 0.3 is 0 Å². The number of carbonyl (C=O) groups excluding carboxylic acids is 1. The van der Waals surface area contributed by atoms with Crippen molar-refractivity contribution in [3.05, 3.63) is 53.3 Å². The van der Waals surface area contributed by atoms with Crippen molar-refractivity contribution < 1.29 is 4.79 Å². The Labute approximate surface area is 106 Å². The smallest absolute Gasteiger partial charge is 0.257 e. The number of pyridine rings is 1. The summed E-state index contributed by atoms with van der Waals surface area (Å²) in [6.07, 6.45) is 1.62. The Morgan fingerprint density at radius 2 is 2.00 bits per heavy atom. The molecule has 0 bridgehead atoms. The summed E-state index contributed by atoms with van der Waals surface area (Å²) in [6, 6.07) is 9.05. The summed E-state index contributed by atoms with van der Waals surface area (Å²) in [5, 5.41) is 2.77. The molecule has 0 saturated carbocycles. The molecule has 0 saturated heterocycles. The monoisotopic (exact) mass is 241 g/mol. The van der Waals surface area contributed by atoms with Crippen molar-refractivity contribution in [1.82, 2.24) is 4.98 Å². The van der Waals surface area contributed by atoms with Crippen molar-refractivity contribution in [2.75, 3.05) is 11.1 Å². The summed E-state index contributed by atoms with van der Waals surface area (Å²) >= 11 is 0. The Morgan fingerprint density at radius 3 is 2.67 bits per heavy atom. The van der Waals surface area contributed by atoms with E-state index in [1.54, 1.807) is 12.3 Å². The maximum atomic E-state index is 12.1. The van der Waals surface area contributed by atoms with E-state index in [-0.39, 0.29) is 5.91 Å². The van der Waals surface area contributed by atoms with Gasteiger partial charge in [-0.1, -0.05) is 12.1 Å². The number of nitrogens with two attached hydrogens (primary N) is 1. The summed E-state index contributed by atoms with van der Waals surface area (Å²) in [7, 11) is 0. The molecule has 1 aromatic carbocycles. The van der Waals surface area contributed by atoms with Crippen LogP contribution in [0.1, 0.15) is 21.6 Å². The van der Waals surface area contributed by atoms with Gasteiger partial charge in [0, 0.05) is 11.4 Å². The first-order valence-electron chi connectivity index (χ1n) is 5.67. The van der Waals surface area contributed by atoms with Crippen LogP contribution >= 0.6 is 0 Å². The maximum absolute atomic E-state index is 12.1. The molecule has 18 heavy (non-hydrogen) atoms. The number of nitrogens with zero attached hydrogens (tertiary/aromatic N) is 1. The number of nitrogen functional groups attached to an aromatic ring is 1. The number of nitrogens with one attached hydrogen (secondary N) is 1. The number of rotatable bonds is 2. The zero-order chi connectivity index (χ0) is 13.1. The summed E-state index contributed by atoms with van der Waals surface area (Å²) < 4.78 is 0. The number of para-hydroxylation sites is 1. The van der Waals surface area contributed by atoms with E-state index in [2.05, 4.69) is 10.3 Å². The predicted molar refractivity (Wildman–Crippen MR) is 72.5 cm³/mol. The molecule has 0 atom stereocenters. The van der Waals surface area contributed by atoms with E-state index >= 15 is 0 Å². The molecule has 92 valence electrons. The van der Waals surface area contributed by atoms with E-state index < -0.39 is 0 Å². The lowest BCUT2D eigenvalue weighted by molar-refractivity contribution is 0.102. The van der Waals surface area contributed by atoms with Gasteiger partial charge in [0.25, 0.3) is 5.91 Å². The molecule has 1 heterocycles. The van der Waals surface area contributed by atoms with Gasteiger partial charge in [-0.3, -0.25) is 9.78 Å². The van der Waals surface area contributed by atoms with E-state index in [1.165, 1.54) is 0 Å². The van der Waals surface area contributed by atoms with Crippen molar-refractivity contribution in [3.63, 3.8) is 0 Å². The first kappa shape index (κ1) is 12.1. The molecule has 3 N–H and O–H groups in total. The van der Waals surface area contributed by atoms with Crippen molar-refractivity contribution >= 4 is 17.3 Å². The lowest BCUT2D eigenvalue weighted by Gasteiger charge is -2.09. The van der Waals surface area contributed by atoms with Gasteiger partial charge in [0.15, 0.2) is 0 Å². The molecule has 0 fully saturated rings. The van der Waals surface area contributed by atoms with E-state index in [0.29, 0.717) is 16.9 Å². The molecule has 0 radical (unpaired) electrons. The minimum Gasteiger partial charge on any atom is -0.398 e. The molecular weight excluding hydrogens is 226 g/mol. The summed E-state index contributed by atoms with van der Waals surface area (Å²) in [4.78, 5) is 16.2. The second-order valence-electron chi connectivity index (χ2n) is 4.18. The molecule has 0 unspecified atom stereocenters. The number of hydrogen-bond donors (Lipinski definition) is 2. The van der Waals surface area contributed by atoms with Crippen molar-refractivity contribution in [2.45, 2.75) is 13.8 Å². The molecular formula is C14H15N3O. The summed E-state index contributed by atoms with van der Waals surface area (Å²) in [6.45, 7) is 3.77. The van der Waals surface area contributed by atoms with Crippen LogP contribution in [-0.2, 0) is 0 Å². The Morgan fingerprint density at radius 1 is 1.22 bits per heavy atom. The standard InChI is InChI=1S/C14H15N3O/c1-9-4-3-5-12(13(9)15)14(18)17-11-7-6-10(2)16-8-11/h3-8H,15H2,1-2H3,(H,17,18). The minimum atomic E-state index is -0.221. The van der Waals surface area contributed by atoms with Crippen molar-refractivity contribution in [1.29, 1.82) is 0 Å². The van der Waals surface area contributed by atoms with Crippen LogP contribution in [-0.4, -0.2) is 10.9 Å². The number of amides is 1. The normalized spacial score (nSPS) is 10.1. The van der Waals surface area contributed by atoms with Gasteiger partial charge in [-0.05, 0) is 37.6 Å². The molecule has 0 spiro atoms. The fourth-order valence-corrected chi connectivity index (χ4v) is 1.62. The number of aryl methyl sites for hydroxylation is 2. The van der Waals surface area contributed by atoms with Crippen LogP contribution in [0.25, 0.3) is 0 Å². The van der Waals surface area contributed by atoms with Crippen LogP contribution in [0.15, 0.2) is 36.5 Å². The van der Waals surface area contributed by atoms with Crippen LogP contribution in [0.4, 0.5) is 11.4 Å². The SMILES string of the molecule is Cc1ccc(NC(=O)c2cccc(C)c2N)cn1. The van der Waals surface area contributed by atoms with Gasteiger partial charge in [-0.25, -0.2) is 0 Å². The van der Waals surface area contributed by atoms with Gasteiger partial charge in [-0.15, -0.1) is 0 Å². The molecule has 2 rings (SSSR count). The highest BCUT2D eigenvalue weighted by Crippen LogP contribution is 2.18. The Balaban J connectivity index is 2.22. The molecule has 2 aromatic rings. The Kier molecular flexibility index (Phi) is 3.28. The second kappa shape index (κ2) is 4.87. The third kappa shape index (κ3) is 2.48. The van der Waals surface area contributed by atoms with Gasteiger partial charge in [0.2, 0.25) is 0 Å². The average Bonchev–Trinajstić information content (AvgIpc) is 2.35. The highest BCUT2D eigenvalue weighted by atomic mass is 16.1. The molecule has 0 aliphatic rings. The van der Waals surface area contributed by atoms with Crippen LogP contribution in [0.5, 0.6) is 0 Å². The Hall–Kier alpha value is -2.36. The topological polar surface area (TPSA) is 68.0 Å². The molecule has 1 aromatic heterocycles. The fraction of sp³-hybridized carbons (Fsp3) is 0.143. The van der Waals surface area contributed by atoms with Crippen LogP contribution in [0.3, 0.4) is 0 Å². The Bertz CT molecular complexity index is 576. The highest BCUT2D eigenvalue weighted by molar-refractivity contribution is 6.08. The van der Waals surface area contributed by atoms with Crippen LogP contribution in [0, 0.1) is 13.8 Å². The van der Waals surface area contributed by atoms with Gasteiger partial charge in [0.05, 0.1) is 17.4 Å². The highest BCUT2D eigenvalue weighted by Gasteiger charge is 2.10. The van der Waals surface area contributed by atoms with Gasteiger partial charge < -0.3 is 11.1 Å². The fourth-order valence-electron chi connectivity index (χ4n) is 1.62. The van der Waals surface area contributed by atoms with E-state index in [1.807, 2.05) is 38.1 Å². The van der Waals surface area contributed by atoms with Crippen molar-refractivity contribution in [3.8, 4) is 0 Å². The zero-order valence-corrected chi connectivity index (χ0v) is 10.4. The number of anilines is 2. The summed E-state index contributed by atoms with van der Waals surface area (Å²) in [5.41, 5.74) is 9.33. The minimum absolute atomic E-state index is 0.221. The zero-order valence-electron chi connectivity index (χ0n) is 10.4. The van der Waals surface area contributed by atoms with E-state index in [0.717, 1.165) is 11.3 Å². The largest absolute Gasteiger partial charge is 0.398 e. The third-order valence-corrected chi connectivity index (χ3v) is 2.74. The molecule has 4 nitrogen and oxygen atoms in total. The van der Waals surface area contributed by atoms with Crippen LogP contribution in [0.2, 0.25) is 0 Å². The van der Waals surface area contributed by atoms with Crippen LogP contribution < -0.4 is 11.1 Å². The van der Waals surface area contributed by atoms with Gasteiger partial charge in [0.1, 0.15) is 0 Å². The van der Waals surface area contributed by atoms with E-state index in [4.69, 9.17) is 5.73 Å². The molecule has 0 aliphatic carbocycles. The number of benzene rings is 1. The number of aromatic nitrogens is 1. The number of hydrogen-bond acceptors (Lipinski definition) is 3. The van der Waals surface area contributed by atoms with Crippen molar-refractivity contribution in [2.24, 2.45) is 0 Å². The average molecular weight is 241 g/mol. The molecule has 4 heteroatoms. The molecule has 1 amide bonds.